The summed E-state index contributed by atoms with van der Waals surface area (Å²) in [5, 5.41) is 16.3. The van der Waals surface area contributed by atoms with Gasteiger partial charge in [0.15, 0.2) is 0 Å². The van der Waals surface area contributed by atoms with Crippen LogP contribution in [0.4, 0.5) is 4.79 Å². The van der Waals surface area contributed by atoms with Crippen molar-refractivity contribution in [1.29, 1.82) is 0 Å². The molecule has 2 atom stereocenters. The first-order valence-corrected chi connectivity index (χ1v) is 10.1. The van der Waals surface area contributed by atoms with Gasteiger partial charge in [0.1, 0.15) is 24.2 Å². The van der Waals surface area contributed by atoms with Crippen LogP contribution in [-0.4, -0.2) is 53.2 Å². The maximum Gasteiger partial charge on any atom is 0.408 e. The van der Waals surface area contributed by atoms with Crippen LogP contribution < -0.4 is 16.0 Å². The standard InChI is InChI=1S/C20H37N3O6/c1-7-8-9-10-14(17(26)21-12-16(24)25)22-18(27)15(11-13(2)3)23-19(28)29-20(4,5)6/h13-15H,7-12H2,1-6H3,(H,21,26)(H,22,27)(H,23,28)(H,24,25)/t14-,15+/m1/s1. The molecule has 0 aromatic carbocycles. The van der Waals surface area contributed by atoms with Crippen molar-refractivity contribution in [1.82, 2.24) is 16.0 Å². The molecule has 0 aliphatic heterocycles. The minimum atomic E-state index is -1.17. The monoisotopic (exact) mass is 415 g/mol. The average Bonchev–Trinajstić information content (AvgIpc) is 2.56. The predicted molar refractivity (Wildman–Crippen MR) is 109 cm³/mol. The molecule has 0 spiro atoms. The highest BCUT2D eigenvalue weighted by molar-refractivity contribution is 5.92. The highest BCUT2D eigenvalue weighted by Crippen LogP contribution is 2.11. The number of unbranched alkanes of at least 4 members (excludes halogenated alkanes) is 2. The number of carbonyl (C=O) groups excluding carboxylic acids is 3. The molecule has 0 unspecified atom stereocenters. The summed E-state index contributed by atoms with van der Waals surface area (Å²) in [5.74, 6) is -2.12. The Morgan fingerprint density at radius 1 is 0.966 bits per heavy atom. The zero-order chi connectivity index (χ0) is 22.6. The van der Waals surface area contributed by atoms with Crippen LogP contribution in [0.3, 0.4) is 0 Å². The molecule has 0 aliphatic rings. The average molecular weight is 416 g/mol. The van der Waals surface area contributed by atoms with Gasteiger partial charge in [0.25, 0.3) is 0 Å². The normalized spacial score (nSPS) is 13.3. The molecule has 9 heteroatoms. The summed E-state index contributed by atoms with van der Waals surface area (Å²) < 4.78 is 5.22. The van der Waals surface area contributed by atoms with Crippen molar-refractivity contribution in [3.8, 4) is 0 Å². The molecule has 0 bridgehead atoms. The molecule has 0 radical (unpaired) electrons. The number of rotatable bonds is 12. The second kappa shape index (κ2) is 13.0. The molecule has 9 nitrogen and oxygen atoms in total. The molecule has 3 amide bonds. The van der Waals surface area contributed by atoms with E-state index in [4.69, 9.17) is 9.84 Å². The molecule has 0 aromatic rings. The number of ether oxygens (including phenoxy) is 1. The fourth-order valence-electron chi connectivity index (χ4n) is 2.58. The van der Waals surface area contributed by atoms with Gasteiger partial charge in [-0.1, -0.05) is 40.0 Å². The van der Waals surface area contributed by atoms with Gasteiger partial charge in [-0.05, 0) is 39.5 Å². The maximum atomic E-state index is 12.8. The zero-order valence-corrected chi connectivity index (χ0v) is 18.5. The van der Waals surface area contributed by atoms with E-state index in [0.29, 0.717) is 19.3 Å². The van der Waals surface area contributed by atoms with E-state index in [1.165, 1.54) is 0 Å². The molecular formula is C20H37N3O6. The van der Waals surface area contributed by atoms with Gasteiger partial charge in [0.2, 0.25) is 11.8 Å². The largest absolute Gasteiger partial charge is 0.480 e. The molecule has 0 heterocycles. The summed E-state index contributed by atoms with van der Waals surface area (Å²) in [5.41, 5.74) is -0.706. The summed E-state index contributed by atoms with van der Waals surface area (Å²) in [7, 11) is 0. The van der Waals surface area contributed by atoms with Crippen molar-refractivity contribution in [2.45, 2.75) is 91.3 Å². The summed E-state index contributed by atoms with van der Waals surface area (Å²) in [6, 6.07) is -1.74. The molecule has 0 rings (SSSR count). The Labute approximate surface area is 173 Å². The molecule has 0 fully saturated rings. The van der Waals surface area contributed by atoms with Crippen LogP contribution in [0.5, 0.6) is 0 Å². The van der Waals surface area contributed by atoms with Crippen molar-refractivity contribution >= 4 is 23.9 Å². The first-order valence-electron chi connectivity index (χ1n) is 10.1. The number of alkyl carbamates (subject to hydrolysis) is 1. The second-order valence-corrected chi connectivity index (χ2v) is 8.50. The number of aliphatic carboxylic acids is 1. The van der Waals surface area contributed by atoms with Crippen LogP contribution in [0.2, 0.25) is 0 Å². The Balaban J connectivity index is 5.17. The van der Waals surface area contributed by atoms with Crippen molar-refractivity contribution < 1.29 is 29.0 Å². The lowest BCUT2D eigenvalue weighted by molar-refractivity contribution is -0.138. The van der Waals surface area contributed by atoms with Gasteiger partial charge in [-0.15, -0.1) is 0 Å². The molecule has 29 heavy (non-hydrogen) atoms. The Kier molecular flexibility index (Phi) is 12.0. The number of hydrogen-bond donors (Lipinski definition) is 4. The molecule has 0 saturated carbocycles. The molecular weight excluding hydrogens is 378 g/mol. The summed E-state index contributed by atoms with van der Waals surface area (Å²) in [4.78, 5) is 47.9. The number of carboxylic acid groups (broad SMARTS) is 1. The minimum absolute atomic E-state index is 0.111. The number of nitrogens with one attached hydrogen (secondary N) is 3. The number of carboxylic acids is 1. The van der Waals surface area contributed by atoms with Gasteiger partial charge < -0.3 is 25.8 Å². The third-order valence-corrected chi connectivity index (χ3v) is 3.86. The third-order valence-electron chi connectivity index (χ3n) is 3.86. The highest BCUT2D eigenvalue weighted by Gasteiger charge is 2.28. The number of hydrogen-bond acceptors (Lipinski definition) is 5. The lowest BCUT2D eigenvalue weighted by Gasteiger charge is -2.26. The van der Waals surface area contributed by atoms with Crippen LogP contribution >= 0.6 is 0 Å². The summed E-state index contributed by atoms with van der Waals surface area (Å²) in [6.45, 7) is 10.5. The smallest absolute Gasteiger partial charge is 0.408 e. The van der Waals surface area contributed by atoms with Gasteiger partial charge >= 0.3 is 12.1 Å². The Morgan fingerprint density at radius 2 is 1.59 bits per heavy atom. The first-order chi connectivity index (χ1) is 13.4. The zero-order valence-electron chi connectivity index (χ0n) is 18.5. The van der Waals surface area contributed by atoms with Crippen LogP contribution in [0.1, 0.15) is 73.6 Å². The van der Waals surface area contributed by atoms with Gasteiger partial charge in [0, 0.05) is 0 Å². The number of carbonyl (C=O) groups is 4. The minimum Gasteiger partial charge on any atom is -0.480 e. The maximum absolute atomic E-state index is 12.8. The molecule has 0 aromatic heterocycles. The van der Waals surface area contributed by atoms with E-state index in [9.17, 15) is 19.2 Å². The molecule has 4 N–H and O–H groups in total. The molecule has 0 saturated heterocycles. The van der Waals surface area contributed by atoms with Crippen molar-refractivity contribution in [2.24, 2.45) is 5.92 Å². The Hall–Kier alpha value is -2.32. The quantitative estimate of drug-likeness (QED) is 0.361. The molecule has 168 valence electrons. The van der Waals surface area contributed by atoms with Crippen LogP contribution in [0.15, 0.2) is 0 Å². The van der Waals surface area contributed by atoms with Crippen LogP contribution in [0, 0.1) is 5.92 Å². The number of amides is 3. The van der Waals surface area contributed by atoms with Gasteiger partial charge in [-0.3, -0.25) is 14.4 Å². The SMILES string of the molecule is CCCCC[C@@H](NC(=O)[C@H](CC(C)C)NC(=O)OC(C)(C)C)C(=O)NCC(=O)O. The van der Waals surface area contributed by atoms with E-state index in [-0.39, 0.29) is 5.92 Å². The van der Waals surface area contributed by atoms with Gasteiger partial charge in [-0.2, -0.15) is 0 Å². The van der Waals surface area contributed by atoms with Crippen molar-refractivity contribution in [3.05, 3.63) is 0 Å². The third kappa shape index (κ3) is 13.5. The van der Waals surface area contributed by atoms with Crippen molar-refractivity contribution in [3.63, 3.8) is 0 Å². The topological polar surface area (TPSA) is 134 Å². The highest BCUT2D eigenvalue weighted by atomic mass is 16.6. The van der Waals surface area contributed by atoms with E-state index in [1.807, 2.05) is 20.8 Å². The van der Waals surface area contributed by atoms with Crippen molar-refractivity contribution in [2.75, 3.05) is 6.54 Å². The van der Waals surface area contributed by atoms with E-state index < -0.39 is 48.1 Å². The molecule has 0 aliphatic carbocycles. The van der Waals surface area contributed by atoms with E-state index >= 15 is 0 Å². The summed E-state index contributed by atoms with van der Waals surface area (Å²) in [6.07, 6.45) is 2.56. The van der Waals surface area contributed by atoms with E-state index in [2.05, 4.69) is 16.0 Å². The Morgan fingerprint density at radius 3 is 2.07 bits per heavy atom. The first kappa shape index (κ1) is 26.7. The van der Waals surface area contributed by atoms with Gasteiger partial charge in [-0.25, -0.2) is 4.79 Å². The second-order valence-electron chi connectivity index (χ2n) is 8.50. The van der Waals surface area contributed by atoms with Crippen LogP contribution in [0.25, 0.3) is 0 Å². The fraction of sp³-hybridized carbons (Fsp3) is 0.800. The van der Waals surface area contributed by atoms with Crippen LogP contribution in [-0.2, 0) is 19.1 Å². The Bertz CT molecular complexity index is 557. The van der Waals surface area contributed by atoms with E-state index in [0.717, 1.165) is 12.8 Å². The van der Waals surface area contributed by atoms with E-state index in [1.54, 1.807) is 20.8 Å². The summed E-state index contributed by atoms with van der Waals surface area (Å²) >= 11 is 0. The lowest BCUT2D eigenvalue weighted by Crippen LogP contribution is -2.54. The predicted octanol–water partition coefficient (Wildman–Crippen LogP) is 2.19. The lowest BCUT2D eigenvalue weighted by atomic mass is 10.0. The fourth-order valence-corrected chi connectivity index (χ4v) is 2.58. The van der Waals surface area contributed by atoms with Gasteiger partial charge in [0.05, 0.1) is 0 Å².